The first-order valence-electron chi connectivity index (χ1n) is 8.95. The predicted molar refractivity (Wildman–Crippen MR) is 110 cm³/mol. The fourth-order valence-electron chi connectivity index (χ4n) is 2.67. The molecule has 0 aliphatic rings. The molecule has 8 heteroatoms. The van der Waals surface area contributed by atoms with Gasteiger partial charge in [-0.1, -0.05) is 35.9 Å². The van der Waals surface area contributed by atoms with Crippen molar-refractivity contribution in [2.75, 3.05) is 5.75 Å². The molecule has 0 unspecified atom stereocenters. The third-order valence-corrected chi connectivity index (χ3v) is 5.67. The van der Waals surface area contributed by atoms with Crippen LogP contribution in [-0.4, -0.2) is 25.0 Å². The van der Waals surface area contributed by atoms with Gasteiger partial charge < -0.3 is 13.5 Å². The average molecular weight is 434 g/mol. The number of carbonyl (C=O) groups excluding carboxylic acids is 1. The van der Waals surface area contributed by atoms with Crippen molar-refractivity contribution in [3.8, 4) is 5.75 Å². The number of nitrogens with zero attached hydrogens (tertiary/aromatic N) is 1. The van der Waals surface area contributed by atoms with Crippen LogP contribution >= 0.6 is 11.6 Å². The number of hydrogen-bond donors (Lipinski definition) is 0. The van der Waals surface area contributed by atoms with Crippen molar-refractivity contribution >= 4 is 27.6 Å². The van der Waals surface area contributed by atoms with Gasteiger partial charge in [0.15, 0.2) is 0 Å². The lowest BCUT2D eigenvalue weighted by molar-refractivity contribution is 0.0718. The van der Waals surface area contributed by atoms with Crippen LogP contribution in [0.4, 0.5) is 0 Å². The lowest BCUT2D eigenvalue weighted by Crippen LogP contribution is -2.30. The Morgan fingerprint density at radius 3 is 2.38 bits per heavy atom. The van der Waals surface area contributed by atoms with Crippen LogP contribution < -0.4 is 4.18 Å². The lowest BCUT2D eigenvalue weighted by atomic mass is 10.1. The van der Waals surface area contributed by atoms with Crippen LogP contribution in [0.5, 0.6) is 5.75 Å². The van der Waals surface area contributed by atoms with Crippen LogP contribution in [0, 0.1) is 0 Å². The Bertz CT molecular complexity index is 1060. The molecule has 29 heavy (non-hydrogen) atoms. The maximum atomic E-state index is 13.1. The Kier molecular flexibility index (Phi) is 6.61. The SMILES string of the molecule is CCS(=O)(=O)Oc1ccc(CN(Cc2ccco2)C(=O)c2ccccc2Cl)cc1. The highest BCUT2D eigenvalue weighted by Gasteiger charge is 2.20. The van der Waals surface area contributed by atoms with Gasteiger partial charge >= 0.3 is 10.1 Å². The number of rotatable bonds is 8. The minimum Gasteiger partial charge on any atom is -0.467 e. The Balaban J connectivity index is 1.81. The summed E-state index contributed by atoms with van der Waals surface area (Å²) in [6, 6.07) is 17.0. The molecular weight excluding hydrogens is 414 g/mol. The summed E-state index contributed by atoms with van der Waals surface area (Å²) >= 11 is 6.20. The molecular formula is C21H20ClNO5S. The second kappa shape index (κ2) is 9.15. The summed E-state index contributed by atoms with van der Waals surface area (Å²) in [4.78, 5) is 14.7. The van der Waals surface area contributed by atoms with E-state index in [1.165, 1.54) is 6.92 Å². The van der Waals surface area contributed by atoms with Gasteiger partial charge in [0.25, 0.3) is 5.91 Å². The molecule has 1 heterocycles. The van der Waals surface area contributed by atoms with E-state index in [1.807, 2.05) is 0 Å². The zero-order valence-electron chi connectivity index (χ0n) is 15.7. The molecule has 1 amide bonds. The number of benzene rings is 2. The van der Waals surface area contributed by atoms with Crippen LogP contribution in [0.25, 0.3) is 0 Å². The Labute approximate surface area is 174 Å². The van der Waals surface area contributed by atoms with E-state index in [2.05, 4.69) is 0 Å². The third-order valence-electron chi connectivity index (χ3n) is 4.19. The van der Waals surface area contributed by atoms with E-state index in [-0.39, 0.29) is 30.5 Å². The zero-order valence-corrected chi connectivity index (χ0v) is 17.3. The van der Waals surface area contributed by atoms with Crippen LogP contribution in [-0.2, 0) is 23.2 Å². The van der Waals surface area contributed by atoms with Crippen LogP contribution in [0.2, 0.25) is 5.02 Å². The highest BCUT2D eigenvalue weighted by molar-refractivity contribution is 7.87. The van der Waals surface area contributed by atoms with Crippen molar-refractivity contribution in [2.45, 2.75) is 20.0 Å². The van der Waals surface area contributed by atoms with E-state index in [0.717, 1.165) is 5.56 Å². The summed E-state index contributed by atoms with van der Waals surface area (Å²) < 4.78 is 33.6. The number of amides is 1. The number of halogens is 1. The Hall–Kier alpha value is -2.77. The monoisotopic (exact) mass is 433 g/mol. The van der Waals surface area contributed by atoms with Gasteiger partial charge in [-0.15, -0.1) is 0 Å². The minimum atomic E-state index is -3.59. The molecule has 0 radical (unpaired) electrons. The molecule has 0 bridgehead atoms. The second-order valence-electron chi connectivity index (χ2n) is 6.29. The third kappa shape index (κ3) is 5.62. The molecule has 0 N–H and O–H groups in total. The average Bonchev–Trinajstić information content (AvgIpc) is 3.22. The highest BCUT2D eigenvalue weighted by atomic mass is 35.5. The first-order chi connectivity index (χ1) is 13.9. The molecule has 0 saturated carbocycles. The van der Waals surface area contributed by atoms with Gasteiger partial charge in [-0.2, -0.15) is 8.42 Å². The van der Waals surface area contributed by atoms with Crippen molar-refractivity contribution in [3.63, 3.8) is 0 Å². The van der Waals surface area contributed by atoms with Gasteiger partial charge in [-0.3, -0.25) is 4.79 Å². The van der Waals surface area contributed by atoms with Crippen LogP contribution in [0.3, 0.4) is 0 Å². The fourth-order valence-corrected chi connectivity index (χ4v) is 3.41. The summed E-state index contributed by atoms with van der Waals surface area (Å²) in [7, 11) is -3.59. The largest absolute Gasteiger partial charge is 0.467 e. The standard InChI is InChI=1S/C21H20ClNO5S/c1-2-29(25,26)28-17-11-9-16(10-12-17)14-23(15-18-6-5-13-27-18)21(24)19-7-3-4-8-20(19)22/h3-13H,2,14-15H2,1H3. The Morgan fingerprint density at radius 1 is 1.03 bits per heavy atom. The van der Waals surface area contributed by atoms with E-state index in [4.69, 9.17) is 20.2 Å². The molecule has 6 nitrogen and oxygen atoms in total. The molecule has 3 rings (SSSR count). The number of furan rings is 1. The summed E-state index contributed by atoms with van der Waals surface area (Å²) in [6.07, 6.45) is 1.55. The second-order valence-corrected chi connectivity index (χ2v) is 8.56. The van der Waals surface area contributed by atoms with Gasteiger partial charge in [0.05, 0.1) is 29.1 Å². The first kappa shape index (κ1) is 21.0. The van der Waals surface area contributed by atoms with E-state index in [0.29, 0.717) is 16.3 Å². The molecule has 0 spiro atoms. The smallest absolute Gasteiger partial charge is 0.308 e. The van der Waals surface area contributed by atoms with Gasteiger partial charge in [-0.25, -0.2) is 0 Å². The number of hydrogen-bond acceptors (Lipinski definition) is 5. The quantitative estimate of drug-likeness (QED) is 0.488. The van der Waals surface area contributed by atoms with E-state index in [9.17, 15) is 13.2 Å². The first-order valence-corrected chi connectivity index (χ1v) is 10.9. The van der Waals surface area contributed by atoms with Crippen molar-refractivity contribution < 1.29 is 21.8 Å². The summed E-state index contributed by atoms with van der Waals surface area (Å²) in [5.41, 5.74) is 1.20. The lowest BCUT2D eigenvalue weighted by Gasteiger charge is -2.22. The maximum Gasteiger partial charge on any atom is 0.308 e. The molecule has 1 aromatic heterocycles. The molecule has 0 aliphatic carbocycles. The summed E-state index contributed by atoms with van der Waals surface area (Å²) in [5, 5.41) is 0.371. The maximum absolute atomic E-state index is 13.1. The van der Waals surface area contributed by atoms with Gasteiger partial charge in [0, 0.05) is 6.54 Å². The number of carbonyl (C=O) groups is 1. The molecule has 3 aromatic rings. The predicted octanol–water partition coefficient (Wildman–Crippen LogP) is 4.50. The van der Waals surface area contributed by atoms with E-state index >= 15 is 0 Å². The zero-order chi connectivity index (χ0) is 20.9. The summed E-state index contributed by atoms with van der Waals surface area (Å²) in [5.74, 6) is 0.517. The normalized spacial score (nSPS) is 11.2. The van der Waals surface area contributed by atoms with Gasteiger partial charge in [0.2, 0.25) is 0 Å². The summed E-state index contributed by atoms with van der Waals surface area (Å²) in [6.45, 7) is 2.06. The van der Waals surface area contributed by atoms with Crippen LogP contribution in [0.1, 0.15) is 28.6 Å². The molecule has 2 aromatic carbocycles. The van der Waals surface area contributed by atoms with Crippen molar-refractivity contribution in [3.05, 3.63) is 88.8 Å². The molecule has 0 fully saturated rings. The highest BCUT2D eigenvalue weighted by Crippen LogP contribution is 2.22. The topological polar surface area (TPSA) is 76.8 Å². The molecule has 0 aliphatic heterocycles. The van der Waals surface area contributed by atoms with Crippen molar-refractivity contribution in [1.82, 2.24) is 4.90 Å². The van der Waals surface area contributed by atoms with E-state index < -0.39 is 10.1 Å². The fraction of sp³-hybridized carbons (Fsp3) is 0.190. The molecule has 152 valence electrons. The van der Waals surface area contributed by atoms with Crippen LogP contribution in [0.15, 0.2) is 71.3 Å². The van der Waals surface area contributed by atoms with Crippen molar-refractivity contribution in [2.24, 2.45) is 0 Å². The van der Waals surface area contributed by atoms with Gasteiger partial charge in [0.1, 0.15) is 11.5 Å². The Morgan fingerprint density at radius 2 is 1.76 bits per heavy atom. The van der Waals surface area contributed by atoms with E-state index in [1.54, 1.807) is 71.8 Å². The molecule has 0 atom stereocenters. The molecule has 0 saturated heterocycles. The van der Waals surface area contributed by atoms with Gasteiger partial charge in [-0.05, 0) is 48.9 Å². The van der Waals surface area contributed by atoms with Crippen molar-refractivity contribution in [1.29, 1.82) is 0 Å². The minimum absolute atomic E-state index is 0.113.